The smallest absolute Gasteiger partial charge is 0.165 e. The lowest BCUT2D eigenvalue weighted by molar-refractivity contribution is -0.0628. The summed E-state index contributed by atoms with van der Waals surface area (Å²) >= 11 is 1.95. The molecule has 1 aromatic heterocycles. The van der Waals surface area contributed by atoms with E-state index in [1.165, 1.54) is 11.8 Å². The second-order valence-electron chi connectivity index (χ2n) is 5.00. The van der Waals surface area contributed by atoms with Crippen molar-refractivity contribution in [2.75, 3.05) is 23.4 Å². The summed E-state index contributed by atoms with van der Waals surface area (Å²) in [4.78, 5) is 4.06. The van der Waals surface area contributed by atoms with Gasteiger partial charge in [0.1, 0.15) is 0 Å². The van der Waals surface area contributed by atoms with Crippen molar-refractivity contribution in [2.24, 2.45) is 0 Å². The van der Waals surface area contributed by atoms with Crippen LogP contribution in [-0.2, 0) is 4.74 Å². The predicted molar refractivity (Wildman–Crippen MR) is 71.5 cm³/mol. The van der Waals surface area contributed by atoms with Gasteiger partial charge in [-0.25, -0.2) is 9.37 Å². The first-order valence-electron chi connectivity index (χ1n) is 6.36. The molecule has 0 saturated carbocycles. The topological polar surface area (TPSA) is 34.2 Å². The lowest BCUT2D eigenvalue weighted by Gasteiger charge is -2.38. The first-order chi connectivity index (χ1) is 8.77. The number of pyridine rings is 1. The second kappa shape index (κ2) is 5.05. The third kappa shape index (κ3) is 2.47. The Kier molecular flexibility index (Phi) is 3.43. The molecule has 18 heavy (non-hydrogen) atoms. The highest BCUT2D eigenvalue weighted by Gasteiger charge is 2.40. The van der Waals surface area contributed by atoms with Crippen LogP contribution < -0.4 is 5.32 Å². The van der Waals surface area contributed by atoms with Crippen molar-refractivity contribution in [1.82, 2.24) is 4.98 Å². The molecule has 3 rings (SSSR count). The molecule has 3 heterocycles. The molecule has 0 amide bonds. The molecule has 98 valence electrons. The number of anilines is 1. The molecular weight excluding hydrogens is 251 g/mol. The zero-order chi connectivity index (χ0) is 12.4. The fraction of sp³-hybridized carbons (Fsp3) is 0.615. The number of hydrogen-bond donors (Lipinski definition) is 1. The van der Waals surface area contributed by atoms with Crippen molar-refractivity contribution < 1.29 is 9.13 Å². The number of halogens is 1. The molecule has 2 atom stereocenters. The molecular formula is C13H17FN2OS. The van der Waals surface area contributed by atoms with Gasteiger partial charge < -0.3 is 10.1 Å². The number of rotatable bonds is 2. The van der Waals surface area contributed by atoms with E-state index < -0.39 is 0 Å². The molecule has 2 unspecified atom stereocenters. The molecule has 1 spiro atoms. The van der Waals surface area contributed by atoms with E-state index in [1.54, 1.807) is 12.3 Å². The SMILES string of the molecule is Fc1cccnc1NC1CCOC2(CCSC2)C1. The normalized spacial score (nSPS) is 31.7. The summed E-state index contributed by atoms with van der Waals surface area (Å²) in [5, 5.41) is 3.22. The van der Waals surface area contributed by atoms with Crippen molar-refractivity contribution in [3.8, 4) is 0 Å². The Labute approximate surface area is 111 Å². The van der Waals surface area contributed by atoms with Gasteiger partial charge in [0.15, 0.2) is 11.6 Å². The van der Waals surface area contributed by atoms with Gasteiger partial charge in [-0.05, 0) is 37.1 Å². The van der Waals surface area contributed by atoms with Crippen molar-refractivity contribution in [2.45, 2.75) is 30.9 Å². The van der Waals surface area contributed by atoms with Crippen molar-refractivity contribution >= 4 is 17.6 Å². The first-order valence-corrected chi connectivity index (χ1v) is 7.52. The van der Waals surface area contributed by atoms with Gasteiger partial charge in [-0.2, -0.15) is 11.8 Å². The Bertz CT molecular complexity index is 423. The minimum atomic E-state index is -0.279. The third-order valence-electron chi connectivity index (χ3n) is 3.66. The van der Waals surface area contributed by atoms with Crippen LogP contribution in [0.15, 0.2) is 18.3 Å². The highest BCUT2D eigenvalue weighted by molar-refractivity contribution is 7.99. The quantitative estimate of drug-likeness (QED) is 0.894. The molecule has 1 N–H and O–H groups in total. The Morgan fingerprint density at radius 3 is 3.28 bits per heavy atom. The Hall–Kier alpha value is -0.810. The zero-order valence-corrected chi connectivity index (χ0v) is 11.0. The molecule has 2 aliphatic heterocycles. The molecule has 3 nitrogen and oxygen atoms in total. The van der Waals surface area contributed by atoms with E-state index in [0.29, 0.717) is 5.82 Å². The lowest BCUT2D eigenvalue weighted by atomic mass is 9.90. The van der Waals surface area contributed by atoms with E-state index in [4.69, 9.17) is 4.74 Å². The van der Waals surface area contributed by atoms with Crippen LogP contribution in [0.4, 0.5) is 10.2 Å². The van der Waals surface area contributed by atoms with E-state index in [-0.39, 0.29) is 17.5 Å². The maximum atomic E-state index is 13.6. The van der Waals surface area contributed by atoms with Gasteiger partial charge in [0.25, 0.3) is 0 Å². The van der Waals surface area contributed by atoms with E-state index in [0.717, 1.165) is 31.6 Å². The van der Waals surface area contributed by atoms with E-state index >= 15 is 0 Å². The third-order valence-corrected chi connectivity index (χ3v) is 4.88. The van der Waals surface area contributed by atoms with Crippen LogP contribution in [0.3, 0.4) is 0 Å². The maximum absolute atomic E-state index is 13.6. The van der Waals surface area contributed by atoms with Crippen LogP contribution in [0.25, 0.3) is 0 Å². The van der Waals surface area contributed by atoms with Gasteiger partial charge in [0, 0.05) is 24.6 Å². The van der Waals surface area contributed by atoms with E-state index in [9.17, 15) is 4.39 Å². The molecule has 0 aliphatic carbocycles. The minimum Gasteiger partial charge on any atom is -0.374 e. The highest BCUT2D eigenvalue weighted by atomic mass is 32.2. The maximum Gasteiger partial charge on any atom is 0.165 e. The first kappa shape index (κ1) is 12.2. The average molecular weight is 268 g/mol. The lowest BCUT2D eigenvalue weighted by Crippen LogP contribution is -2.44. The molecule has 5 heteroatoms. The Morgan fingerprint density at radius 2 is 2.50 bits per heavy atom. The van der Waals surface area contributed by atoms with Crippen molar-refractivity contribution in [1.29, 1.82) is 0 Å². The summed E-state index contributed by atoms with van der Waals surface area (Å²) in [6.07, 6.45) is 4.60. The van der Waals surface area contributed by atoms with Gasteiger partial charge in [0.05, 0.1) is 5.60 Å². The zero-order valence-electron chi connectivity index (χ0n) is 10.2. The number of nitrogens with one attached hydrogen (secondary N) is 1. The number of ether oxygens (including phenoxy) is 1. The molecule has 0 radical (unpaired) electrons. The number of nitrogens with zero attached hydrogens (tertiary/aromatic N) is 1. The second-order valence-corrected chi connectivity index (χ2v) is 6.11. The van der Waals surface area contributed by atoms with Crippen molar-refractivity contribution in [3.05, 3.63) is 24.1 Å². The van der Waals surface area contributed by atoms with Gasteiger partial charge in [0.2, 0.25) is 0 Å². The fourth-order valence-electron chi connectivity index (χ4n) is 2.70. The summed E-state index contributed by atoms with van der Waals surface area (Å²) in [6, 6.07) is 3.32. The van der Waals surface area contributed by atoms with Crippen LogP contribution in [0.2, 0.25) is 0 Å². The van der Waals surface area contributed by atoms with Crippen molar-refractivity contribution in [3.63, 3.8) is 0 Å². The van der Waals surface area contributed by atoms with Gasteiger partial charge in [-0.15, -0.1) is 0 Å². The molecule has 0 aromatic carbocycles. The van der Waals surface area contributed by atoms with Gasteiger partial charge in [-0.3, -0.25) is 0 Å². The molecule has 1 aromatic rings. The monoisotopic (exact) mass is 268 g/mol. The highest BCUT2D eigenvalue weighted by Crippen LogP contribution is 2.38. The number of aromatic nitrogens is 1. The van der Waals surface area contributed by atoms with Crippen LogP contribution in [0, 0.1) is 5.82 Å². The summed E-state index contributed by atoms with van der Waals surface area (Å²) in [5.41, 5.74) is 0.0197. The summed E-state index contributed by atoms with van der Waals surface area (Å²) < 4.78 is 19.5. The predicted octanol–water partition coefficient (Wildman–Crippen LogP) is 2.69. The van der Waals surface area contributed by atoms with E-state index in [2.05, 4.69) is 10.3 Å². The molecule has 2 aliphatic rings. The Balaban J connectivity index is 1.68. The molecule has 2 saturated heterocycles. The summed E-state index contributed by atoms with van der Waals surface area (Å²) in [7, 11) is 0. The minimum absolute atomic E-state index is 0.0197. The van der Waals surface area contributed by atoms with Crippen LogP contribution in [-0.4, -0.2) is 34.7 Å². The summed E-state index contributed by atoms with van der Waals surface area (Å²) in [5.74, 6) is 2.32. The van der Waals surface area contributed by atoms with E-state index in [1.807, 2.05) is 11.8 Å². The van der Waals surface area contributed by atoms with Crippen LogP contribution in [0.1, 0.15) is 19.3 Å². The number of thioether (sulfide) groups is 1. The van der Waals surface area contributed by atoms with Gasteiger partial charge >= 0.3 is 0 Å². The molecule has 0 bridgehead atoms. The summed E-state index contributed by atoms with van der Waals surface area (Å²) in [6.45, 7) is 0.757. The van der Waals surface area contributed by atoms with Crippen LogP contribution >= 0.6 is 11.8 Å². The van der Waals surface area contributed by atoms with Gasteiger partial charge in [-0.1, -0.05) is 0 Å². The van der Waals surface area contributed by atoms with Crippen LogP contribution in [0.5, 0.6) is 0 Å². The average Bonchev–Trinajstić information content (AvgIpc) is 2.80. The standard InChI is InChI=1S/C13H17FN2OS/c14-11-2-1-5-15-12(11)16-10-3-6-17-13(8-10)4-7-18-9-13/h1-2,5,10H,3-4,6-9H2,(H,15,16). The largest absolute Gasteiger partial charge is 0.374 e. The fourth-order valence-corrected chi connectivity index (χ4v) is 4.08. The number of hydrogen-bond acceptors (Lipinski definition) is 4. The Morgan fingerprint density at radius 1 is 1.56 bits per heavy atom. The molecule has 2 fully saturated rings.